The van der Waals surface area contributed by atoms with Gasteiger partial charge in [0.15, 0.2) is 5.69 Å². The van der Waals surface area contributed by atoms with Gasteiger partial charge in [0.25, 0.3) is 0 Å². The van der Waals surface area contributed by atoms with Crippen molar-refractivity contribution in [1.82, 2.24) is 14.9 Å². The Morgan fingerprint density at radius 3 is 2.53 bits per heavy atom. The van der Waals surface area contributed by atoms with Gasteiger partial charge in [0.05, 0.1) is 0 Å². The van der Waals surface area contributed by atoms with Crippen LogP contribution in [0.4, 0.5) is 5.95 Å². The van der Waals surface area contributed by atoms with Crippen LogP contribution in [0.1, 0.15) is 38.2 Å². The number of carboxylic acids is 1. The molecule has 1 heterocycles. The van der Waals surface area contributed by atoms with Gasteiger partial charge in [-0.3, -0.25) is 4.90 Å². The predicted molar refractivity (Wildman–Crippen MR) is 74.5 cm³/mol. The van der Waals surface area contributed by atoms with E-state index in [1.807, 2.05) is 0 Å². The predicted octanol–water partition coefficient (Wildman–Crippen LogP) is 1.71. The number of aromatic carboxylic acids is 1. The minimum absolute atomic E-state index is 0.00192. The Hall–Kier alpha value is -1.69. The zero-order valence-corrected chi connectivity index (χ0v) is 11.9. The first-order valence-electron chi connectivity index (χ1n) is 6.47. The van der Waals surface area contributed by atoms with Gasteiger partial charge in [0.1, 0.15) is 0 Å². The van der Waals surface area contributed by atoms with Crippen LogP contribution in [0.2, 0.25) is 0 Å². The fourth-order valence-corrected chi connectivity index (χ4v) is 1.97. The highest BCUT2D eigenvalue weighted by Gasteiger charge is 2.12. The first-order valence-corrected chi connectivity index (χ1v) is 6.47. The number of anilines is 1. The lowest BCUT2D eigenvalue weighted by atomic mass is 10.2. The van der Waals surface area contributed by atoms with Crippen LogP contribution in [0.25, 0.3) is 0 Å². The molecule has 6 nitrogen and oxygen atoms in total. The van der Waals surface area contributed by atoms with Gasteiger partial charge in [0.2, 0.25) is 5.95 Å². The molecule has 1 aromatic heterocycles. The zero-order chi connectivity index (χ0) is 14.4. The Kier molecular flexibility index (Phi) is 5.69. The zero-order valence-electron chi connectivity index (χ0n) is 11.9. The highest BCUT2D eigenvalue weighted by Crippen LogP contribution is 2.05. The molecule has 0 spiro atoms. The van der Waals surface area contributed by atoms with Gasteiger partial charge in [-0.25, -0.2) is 14.8 Å². The fourth-order valence-electron chi connectivity index (χ4n) is 1.97. The monoisotopic (exact) mass is 266 g/mol. The molecule has 6 heteroatoms. The molecular formula is C13H22N4O2. The molecule has 0 aliphatic rings. The van der Waals surface area contributed by atoms with Crippen LogP contribution in [0.15, 0.2) is 12.3 Å². The Balaban J connectivity index is 2.53. The molecule has 0 radical (unpaired) electrons. The topological polar surface area (TPSA) is 78.4 Å². The van der Waals surface area contributed by atoms with E-state index in [4.69, 9.17) is 5.11 Å². The lowest BCUT2D eigenvalue weighted by Gasteiger charge is -2.30. The Labute approximate surface area is 113 Å². The molecule has 0 unspecified atom stereocenters. The maximum atomic E-state index is 10.8. The van der Waals surface area contributed by atoms with Crippen LogP contribution in [-0.2, 0) is 0 Å². The van der Waals surface area contributed by atoms with Crippen molar-refractivity contribution in [3.8, 4) is 0 Å². The highest BCUT2D eigenvalue weighted by molar-refractivity contribution is 5.85. The van der Waals surface area contributed by atoms with E-state index in [0.717, 1.165) is 6.54 Å². The molecule has 1 rings (SSSR count). The molecule has 0 bridgehead atoms. The third kappa shape index (κ3) is 4.82. The number of carboxylic acid groups (broad SMARTS) is 1. The van der Waals surface area contributed by atoms with Crippen molar-refractivity contribution >= 4 is 11.9 Å². The van der Waals surface area contributed by atoms with Gasteiger partial charge < -0.3 is 10.4 Å². The van der Waals surface area contributed by atoms with E-state index >= 15 is 0 Å². The summed E-state index contributed by atoms with van der Waals surface area (Å²) in [5, 5.41) is 11.9. The van der Waals surface area contributed by atoms with Gasteiger partial charge in [0, 0.05) is 31.4 Å². The van der Waals surface area contributed by atoms with Gasteiger partial charge in [-0.15, -0.1) is 0 Å². The molecule has 1 aromatic rings. The Morgan fingerprint density at radius 2 is 2.00 bits per heavy atom. The smallest absolute Gasteiger partial charge is 0.354 e. The normalized spacial score (nSPS) is 11.3. The minimum atomic E-state index is -1.04. The van der Waals surface area contributed by atoms with Crippen LogP contribution in [0.3, 0.4) is 0 Å². The van der Waals surface area contributed by atoms with Crippen molar-refractivity contribution in [1.29, 1.82) is 0 Å². The second kappa shape index (κ2) is 7.04. The molecule has 0 aliphatic carbocycles. The SMILES string of the molecule is CC(C)N(CCNc1nccc(C(=O)O)n1)C(C)C. The summed E-state index contributed by atoms with van der Waals surface area (Å²) >= 11 is 0. The molecule has 19 heavy (non-hydrogen) atoms. The number of carbonyl (C=O) groups is 1. The Bertz CT molecular complexity index is 413. The maximum Gasteiger partial charge on any atom is 0.354 e. The van der Waals surface area contributed by atoms with Crippen LogP contribution >= 0.6 is 0 Å². The average molecular weight is 266 g/mol. The Morgan fingerprint density at radius 1 is 1.37 bits per heavy atom. The van der Waals surface area contributed by atoms with Gasteiger partial charge >= 0.3 is 5.97 Å². The number of rotatable bonds is 7. The third-order valence-corrected chi connectivity index (χ3v) is 2.85. The van der Waals surface area contributed by atoms with E-state index in [2.05, 4.69) is 47.9 Å². The van der Waals surface area contributed by atoms with Gasteiger partial charge in [-0.05, 0) is 33.8 Å². The maximum absolute atomic E-state index is 10.8. The van der Waals surface area contributed by atoms with Crippen molar-refractivity contribution in [2.45, 2.75) is 39.8 Å². The van der Waals surface area contributed by atoms with E-state index in [-0.39, 0.29) is 5.69 Å². The average Bonchev–Trinajstić information content (AvgIpc) is 2.34. The van der Waals surface area contributed by atoms with Crippen LogP contribution in [0, 0.1) is 0 Å². The molecule has 0 saturated carbocycles. The molecule has 0 aliphatic heterocycles. The van der Waals surface area contributed by atoms with Crippen molar-refractivity contribution in [2.75, 3.05) is 18.4 Å². The standard InChI is InChI=1S/C13H22N4O2/c1-9(2)17(10(3)4)8-7-15-13-14-6-5-11(16-13)12(18)19/h5-6,9-10H,7-8H2,1-4H3,(H,18,19)(H,14,15,16). The molecule has 0 amide bonds. The summed E-state index contributed by atoms with van der Waals surface area (Å²) in [4.78, 5) is 21.1. The first-order chi connectivity index (χ1) is 8.91. The van der Waals surface area contributed by atoms with E-state index in [1.165, 1.54) is 12.3 Å². The summed E-state index contributed by atoms with van der Waals surface area (Å²) in [6.07, 6.45) is 1.45. The molecule has 0 fully saturated rings. The van der Waals surface area contributed by atoms with Crippen molar-refractivity contribution in [3.05, 3.63) is 18.0 Å². The number of nitrogens with one attached hydrogen (secondary N) is 1. The second-order valence-corrected chi connectivity index (χ2v) is 4.92. The van der Waals surface area contributed by atoms with Gasteiger partial charge in [-0.1, -0.05) is 0 Å². The van der Waals surface area contributed by atoms with Crippen molar-refractivity contribution in [3.63, 3.8) is 0 Å². The molecule has 0 saturated heterocycles. The summed E-state index contributed by atoms with van der Waals surface area (Å²) in [5.74, 6) is -0.691. The van der Waals surface area contributed by atoms with E-state index in [9.17, 15) is 4.79 Å². The lowest BCUT2D eigenvalue weighted by Crippen LogP contribution is -2.40. The largest absolute Gasteiger partial charge is 0.477 e. The van der Waals surface area contributed by atoms with Crippen LogP contribution in [-0.4, -0.2) is 51.1 Å². The van der Waals surface area contributed by atoms with Crippen LogP contribution < -0.4 is 5.32 Å². The fraction of sp³-hybridized carbons (Fsp3) is 0.615. The lowest BCUT2D eigenvalue weighted by molar-refractivity contribution is 0.0690. The first kappa shape index (κ1) is 15.4. The molecule has 106 valence electrons. The van der Waals surface area contributed by atoms with Crippen LogP contribution in [0.5, 0.6) is 0 Å². The summed E-state index contributed by atoms with van der Waals surface area (Å²) in [5.41, 5.74) is 0.00192. The molecular weight excluding hydrogens is 244 g/mol. The second-order valence-electron chi connectivity index (χ2n) is 4.92. The summed E-state index contributed by atoms with van der Waals surface area (Å²) in [6, 6.07) is 2.31. The summed E-state index contributed by atoms with van der Waals surface area (Å²) in [7, 11) is 0. The van der Waals surface area contributed by atoms with E-state index in [0.29, 0.717) is 24.6 Å². The highest BCUT2D eigenvalue weighted by atomic mass is 16.4. The quantitative estimate of drug-likeness (QED) is 0.782. The molecule has 0 aromatic carbocycles. The van der Waals surface area contributed by atoms with E-state index in [1.54, 1.807) is 0 Å². The molecule has 2 N–H and O–H groups in total. The van der Waals surface area contributed by atoms with E-state index < -0.39 is 5.97 Å². The number of hydrogen-bond acceptors (Lipinski definition) is 5. The van der Waals surface area contributed by atoms with Crippen molar-refractivity contribution in [2.24, 2.45) is 0 Å². The summed E-state index contributed by atoms with van der Waals surface area (Å²) in [6.45, 7) is 10.2. The number of aromatic nitrogens is 2. The number of hydrogen-bond donors (Lipinski definition) is 2. The van der Waals surface area contributed by atoms with Crippen molar-refractivity contribution < 1.29 is 9.90 Å². The number of nitrogens with zero attached hydrogens (tertiary/aromatic N) is 3. The minimum Gasteiger partial charge on any atom is -0.477 e. The third-order valence-electron chi connectivity index (χ3n) is 2.85. The van der Waals surface area contributed by atoms with Gasteiger partial charge in [-0.2, -0.15) is 0 Å². The summed E-state index contributed by atoms with van der Waals surface area (Å²) < 4.78 is 0. The molecule has 0 atom stereocenters.